The molecule has 5 nitrogen and oxygen atoms in total. The van der Waals surface area contributed by atoms with Crippen LogP contribution in [0.2, 0.25) is 0 Å². The number of carbonyl (C=O) groups is 2. The smallest absolute Gasteiger partial charge is 0.290 e. The van der Waals surface area contributed by atoms with Gasteiger partial charge in [0.05, 0.1) is 11.6 Å². The van der Waals surface area contributed by atoms with E-state index in [4.69, 9.17) is 4.42 Å². The van der Waals surface area contributed by atoms with Crippen molar-refractivity contribution in [3.05, 3.63) is 58.0 Å². The fourth-order valence-electron chi connectivity index (χ4n) is 4.20. The van der Waals surface area contributed by atoms with E-state index in [1.807, 2.05) is 11.8 Å². The molecule has 5 heteroatoms. The Kier molecular flexibility index (Phi) is 4.87. The van der Waals surface area contributed by atoms with E-state index in [2.05, 4.69) is 36.5 Å². The predicted molar refractivity (Wildman–Crippen MR) is 103 cm³/mol. The Labute approximate surface area is 159 Å². The molecule has 142 valence electrons. The molecule has 1 atom stereocenters. The minimum atomic E-state index is -0.110. The first-order valence-electron chi connectivity index (χ1n) is 9.86. The second kappa shape index (κ2) is 7.31. The topological polar surface area (TPSA) is 62.6 Å². The SMILES string of the molecule is CCc1ccc(C2CNCCN2C(=O)c2oc3c(c2C)C(=O)CCC3)cc1. The van der Waals surface area contributed by atoms with Crippen molar-refractivity contribution in [2.45, 2.75) is 45.6 Å². The van der Waals surface area contributed by atoms with E-state index in [1.54, 1.807) is 0 Å². The van der Waals surface area contributed by atoms with E-state index in [9.17, 15) is 9.59 Å². The molecule has 27 heavy (non-hydrogen) atoms. The van der Waals surface area contributed by atoms with Crippen LogP contribution in [0.4, 0.5) is 0 Å². The summed E-state index contributed by atoms with van der Waals surface area (Å²) in [7, 11) is 0. The number of Topliss-reactive ketones (excluding diaryl/α,β-unsaturated/α-hetero) is 1. The molecule has 2 aliphatic rings. The molecule has 0 saturated carbocycles. The summed E-state index contributed by atoms with van der Waals surface area (Å²) in [4.78, 5) is 27.5. The van der Waals surface area contributed by atoms with Crippen molar-refractivity contribution < 1.29 is 14.0 Å². The maximum Gasteiger partial charge on any atom is 0.290 e. The Hall–Kier alpha value is -2.40. The lowest BCUT2D eigenvalue weighted by Gasteiger charge is -2.36. The summed E-state index contributed by atoms with van der Waals surface area (Å²) in [5, 5.41) is 3.39. The van der Waals surface area contributed by atoms with Crippen LogP contribution in [0.15, 0.2) is 28.7 Å². The highest BCUT2D eigenvalue weighted by Crippen LogP contribution is 2.32. The van der Waals surface area contributed by atoms with Gasteiger partial charge in [0.1, 0.15) is 5.76 Å². The number of aryl methyl sites for hydroxylation is 2. The molecule has 1 aliphatic heterocycles. The quantitative estimate of drug-likeness (QED) is 0.904. The van der Waals surface area contributed by atoms with E-state index in [0.717, 1.165) is 37.9 Å². The zero-order valence-corrected chi connectivity index (χ0v) is 16.0. The normalized spacial score (nSPS) is 19.9. The van der Waals surface area contributed by atoms with Crippen molar-refractivity contribution in [1.82, 2.24) is 10.2 Å². The van der Waals surface area contributed by atoms with Crippen LogP contribution in [0.25, 0.3) is 0 Å². The molecule has 0 spiro atoms. The third-order valence-corrected chi connectivity index (χ3v) is 5.78. The molecule has 1 saturated heterocycles. The summed E-state index contributed by atoms with van der Waals surface area (Å²) < 4.78 is 5.91. The van der Waals surface area contributed by atoms with Crippen molar-refractivity contribution >= 4 is 11.7 Å². The van der Waals surface area contributed by atoms with Gasteiger partial charge >= 0.3 is 0 Å². The largest absolute Gasteiger partial charge is 0.455 e. The Morgan fingerprint density at radius 1 is 1.26 bits per heavy atom. The van der Waals surface area contributed by atoms with Crippen molar-refractivity contribution in [2.24, 2.45) is 0 Å². The third-order valence-electron chi connectivity index (χ3n) is 5.78. The van der Waals surface area contributed by atoms with Gasteiger partial charge in [0.25, 0.3) is 5.91 Å². The fraction of sp³-hybridized carbons (Fsp3) is 0.455. The maximum absolute atomic E-state index is 13.3. The predicted octanol–water partition coefficient (Wildman–Crippen LogP) is 3.46. The highest BCUT2D eigenvalue weighted by Gasteiger charge is 2.34. The first kappa shape index (κ1) is 18.0. The van der Waals surface area contributed by atoms with E-state index >= 15 is 0 Å². The fourth-order valence-corrected chi connectivity index (χ4v) is 4.20. The molecule has 1 aromatic heterocycles. The number of fused-ring (bicyclic) bond motifs is 1. The van der Waals surface area contributed by atoms with Crippen LogP contribution in [0.1, 0.15) is 69.2 Å². The first-order valence-corrected chi connectivity index (χ1v) is 9.86. The molecular formula is C22H26N2O3. The van der Waals surface area contributed by atoms with Gasteiger partial charge in [-0.25, -0.2) is 0 Å². The molecule has 1 aromatic carbocycles. The van der Waals surface area contributed by atoms with E-state index in [-0.39, 0.29) is 17.7 Å². The number of nitrogens with zero attached hydrogens (tertiary/aromatic N) is 1. The van der Waals surface area contributed by atoms with Crippen molar-refractivity contribution in [1.29, 1.82) is 0 Å². The second-order valence-corrected chi connectivity index (χ2v) is 7.44. The molecule has 1 unspecified atom stereocenters. The van der Waals surface area contributed by atoms with Gasteiger partial charge in [-0.1, -0.05) is 31.2 Å². The van der Waals surface area contributed by atoms with Crippen LogP contribution in [0.5, 0.6) is 0 Å². The Balaban J connectivity index is 1.66. The molecule has 2 aromatic rings. The van der Waals surface area contributed by atoms with Gasteiger partial charge in [-0.2, -0.15) is 0 Å². The number of piperazine rings is 1. The highest BCUT2D eigenvalue weighted by atomic mass is 16.4. The number of furan rings is 1. The van der Waals surface area contributed by atoms with Crippen LogP contribution in [-0.4, -0.2) is 36.2 Å². The minimum absolute atomic E-state index is 0.0330. The van der Waals surface area contributed by atoms with Crippen LogP contribution in [0.3, 0.4) is 0 Å². The van der Waals surface area contributed by atoms with E-state index in [0.29, 0.717) is 35.6 Å². The molecule has 1 aliphatic carbocycles. The summed E-state index contributed by atoms with van der Waals surface area (Å²) in [6, 6.07) is 8.44. The number of benzene rings is 1. The summed E-state index contributed by atoms with van der Waals surface area (Å²) in [5.74, 6) is 1.02. The van der Waals surface area contributed by atoms with Gasteiger partial charge in [-0.3, -0.25) is 9.59 Å². The van der Waals surface area contributed by atoms with Crippen molar-refractivity contribution in [2.75, 3.05) is 19.6 Å². The number of hydrogen-bond acceptors (Lipinski definition) is 4. The lowest BCUT2D eigenvalue weighted by Crippen LogP contribution is -2.48. The Morgan fingerprint density at radius 2 is 2.04 bits per heavy atom. The summed E-state index contributed by atoms with van der Waals surface area (Å²) in [5.41, 5.74) is 3.76. The van der Waals surface area contributed by atoms with E-state index < -0.39 is 0 Å². The molecular weight excluding hydrogens is 340 g/mol. The standard InChI is InChI=1S/C22H26N2O3/c1-3-15-7-9-16(10-8-15)17-13-23-11-12-24(17)22(26)21-14(2)20-18(25)5-4-6-19(20)27-21/h7-10,17,23H,3-6,11-13H2,1-2H3. The van der Waals surface area contributed by atoms with Gasteiger partial charge in [0.15, 0.2) is 11.5 Å². The van der Waals surface area contributed by atoms with Crippen molar-refractivity contribution in [3.63, 3.8) is 0 Å². The zero-order valence-electron chi connectivity index (χ0n) is 16.0. The number of amides is 1. The molecule has 0 radical (unpaired) electrons. The molecule has 1 amide bonds. The number of carbonyl (C=O) groups excluding carboxylic acids is 2. The lowest BCUT2D eigenvalue weighted by molar-refractivity contribution is 0.0598. The van der Waals surface area contributed by atoms with Crippen molar-refractivity contribution in [3.8, 4) is 0 Å². The average Bonchev–Trinajstić information content (AvgIpc) is 3.05. The van der Waals surface area contributed by atoms with E-state index in [1.165, 1.54) is 5.56 Å². The number of hydrogen-bond donors (Lipinski definition) is 1. The molecule has 1 N–H and O–H groups in total. The molecule has 1 fully saturated rings. The average molecular weight is 366 g/mol. The molecule has 4 rings (SSSR count). The second-order valence-electron chi connectivity index (χ2n) is 7.44. The Morgan fingerprint density at radius 3 is 2.74 bits per heavy atom. The summed E-state index contributed by atoms with van der Waals surface area (Å²) in [6.07, 6.45) is 3.07. The monoisotopic (exact) mass is 366 g/mol. The summed E-state index contributed by atoms with van der Waals surface area (Å²) >= 11 is 0. The summed E-state index contributed by atoms with van der Waals surface area (Å²) in [6.45, 7) is 6.07. The lowest BCUT2D eigenvalue weighted by atomic mass is 9.93. The Bertz CT molecular complexity index is 866. The molecule has 2 heterocycles. The maximum atomic E-state index is 13.3. The van der Waals surface area contributed by atoms with Crippen LogP contribution in [-0.2, 0) is 12.8 Å². The van der Waals surface area contributed by atoms with Gasteiger partial charge in [-0.05, 0) is 30.9 Å². The number of ketones is 1. The van der Waals surface area contributed by atoms with Crippen LogP contribution >= 0.6 is 0 Å². The third kappa shape index (κ3) is 3.21. The van der Waals surface area contributed by atoms with Crippen LogP contribution in [0, 0.1) is 6.92 Å². The number of rotatable bonds is 3. The molecule has 0 bridgehead atoms. The van der Waals surface area contributed by atoms with Gasteiger partial charge in [0, 0.05) is 38.0 Å². The first-order chi connectivity index (χ1) is 13.1. The highest BCUT2D eigenvalue weighted by molar-refractivity contribution is 6.03. The zero-order chi connectivity index (χ0) is 19.0. The van der Waals surface area contributed by atoms with Gasteiger partial charge in [-0.15, -0.1) is 0 Å². The minimum Gasteiger partial charge on any atom is -0.455 e. The van der Waals surface area contributed by atoms with Gasteiger partial charge < -0.3 is 14.6 Å². The number of nitrogens with one attached hydrogen (secondary N) is 1. The van der Waals surface area contributed by atoms with Crippen LogP contribution < -0.4 is 5.32 Å². The van der Waals surface area contributed by atoms with Gasteiger partial charge in [0.2, 0.25) is 0 Å².